The highest BCUT2D eigenvalue weighted by Gasteiger charge is 2.02. The molecule has 20 heavy (non-hydrogen) atoms. The van der Waals surface area contributed by atoms with Crippen LogP contribution in [0.1, 0.15) is 16.7 Å². The molecule has 1 nitrogen and oxygen atoms in total. The lowest BCUT2D eigenvalue weighted by molar-refractivity contribution is 0.624. The van der Waals surface area contributed by atoms with E-state index in [1.807, 2.05) is 31.2 Å². The van der Waals surface area contributed by atoms with Crippen LogP contribution in [0.15, 0.2) is 40.9 Å². The molecule has 0 amide bonds. The van der Waals surface area contributed by atoms with Crippen LogP contribution in [0.25, 0.3) is 0 Å². The van der Waals surface area contributed by atoms with E-state index in [1.165, 1.54) is 11.6 Å². The average molecular weight is 357 g/mol. The Labute approximate surface area is 132 Å². The van der Waals surface area contributed by atoms with Crippen LogP contribution in [0.2, 0.25) is 5.02 Å². The van der Waals surface area contributed by atoms with Crippen molar-refractivity contribution in [3.63, 3.8) is 0 Å². The summed E-state index contributed by atoms with van der Waals surface area (Å²) in [7, 11) is 0. The Balaban J connectivity index is 1.84. The minimum Gasteiger partial charge on any atom is -0.312 e. The predicted octanol–water partition coefficient (Wildman–Crippen LogP) is 4.88. The molecule has 0 aliphatic rings. The summed E-state index contributed by atoms with van der Waals surface area (Å²) < 4.78 is 14.0. The minimum atomic E-state index is -0.180. The number of benzene rings is 2. The quantitative estimate of drug-likeness (QED) is 0.753. The molecule has 0 unspecified atom stereocenters. The van der Waals surface area contributed by atoms with Crippen molar-refractivity contribution in [2.24, 2.45) is 0 Å². The second-order valence-corrected chi connectivity index (χ2v) is 6.06. The van der Waals surface area contributed by atoms with E-state index in [4.69, 9.17) is 11.6 Å². The summed E-state index contributed by atoms with van der Waals surface area (Å²) in [6.07, 6.45) is 0.875. The first-order valence-corrected chi connectivity index (χ1v) is 7.63. The lowest BCUT2D eigenvalue weighted by atomic mass is 10.1. The van der Waals surface area contributed by atoms with E-state index >= 15 is 0 Å². The molecule has 4 heteroatoms. The first kappa shape index (κ1) is 15.5. The van der Waals surface area contributed by atoms with Gasteiger partial charge in [0.15, 0.2) is 0 Å². The van der Waals surface area contributed by atoms with Crippen molar-refractivity contribution in [3.8, 4) is 0 Å². The zero-order chi connectivity index (χ0) is 14.5. The molecule has 106 valence electrons. The molecule has 0 heterocycles. The summed E-state index contributed by atoms with van der Waals surface area (Å²) in [4.78, 5) is 0. The molecule has 0 saturated carbocycles. The predicted molar refractivity (Wildman–Crippen MR) is 85.7 cm³/mol. The van der Waals surface area contributed by atoms with Gasteiger partial charge < -0.3 is 5.32 Å². The van der Waals surface area contributed by atoms with Gasteiger partial charge in [0.05, 0.1) is 0 Å². The normalized spacial score (nSPS) is 10.8. The molecule has 0 radical (unpaired) electrons. The highest BCUT2D eigenvalue weighted by Crippen LogP contribution is 2.21. The van der Waals surface area contributed by atoms with Gasteiger partial charge in [-0.2, -0.15) is 0 Å². The van der Waals surface area contributed by atoms with Crippen LogP contribution in [0.4, 0.5) is 4.39 Å². The van der Waals surface area contributed by atoms with Gasteiger partial charge in [-0.05, 0) is 60.8 Å². The first-order valence-electron chi connectivity index (χ1n) is 6.46. The summed E-state index contributed by atoms with van der Waals surface area (Å²) in [5, 5.41) is 4.11. The van der Waals surface area contributed by atoms with E-state index in [0.29, 0.717) is 0 Å². The van der Waals surface area contributed by atoms with Crippen LogP contribution < -0.4 is 5.32 Å². The lowest BCUT2D eigenvalue weighted by Gasteiger charge is -2.09. The van der Waals surface area contributed by atoms with E-state index in [2.05, 4.69) is 21.2 Å². The fourth-order valence-corrected chi connectivity index (χ4v) is 2.79. The second-order valence-electron chi connectivity index (χ2n) is 4.73. The van der Waals surface area contributed by atoms with Gasteiger partial charge in [-0.3, -0.25) is 0 Å². The van der Waals surface area contributed by atoms with Gasteiger partial charge in [0.25, 0.3) is 0 Å². The summed E-state index contributed by atoms with van der Waals surface area (Å²) in [6, 6.07) is 10.8. The van der Waals surface area contributed by atoms with Gasteiger partial charge in [0.1, 0.15) is 5.82 Å². The molecule has 0 aromatic heterocycles. The maximum atomic E-state index is 13.0. The zero-order valence-corrected chi connectivity index (χ0v) is 13.6. The Morgan fingerprint density at radius 3 is 2.60 bits per heavy atom. The van der Waals surface area contributed by atoms with E-state index in [9.17, 15) is 4.39 Å². The molecule has 1 N–H and O–H groups in total. The first-order chi connectivity index (χ1) is 9.56. The average Bonchev–Trinajstić information content (AvgIpc) is 2.39. The van der Waals surface area contributed by atoms with Crippen molar-refractivity contribution in [2.75, 3.05) is 6.54 Å². The molecule has 0 saturated heterocycles. The third-order valence-corrected chi connectivity index (χ3v) is 4.05. The lowest BCUT2D eigenvalue weighted by Crippen LogP contribution is -2.17. The monoisotopic (exact) mass is 355 g/mol. The molecule has 0 aliphatic carbocycles. The number of rotatable bonds is 5. The van der Waals surface area contributed by atoms with Crippen molar-refractivity contribution in [1.29, 1.82) is 0 Å². The number of halogens is 3. The SMILES string of the molecule is Cc1cc(F)ccc1CCNCc1ccc(Br)cc1Cl. The number of hydrogen-bond acceptors (Lipinski definition) is 1. The molecule has 2 rings (SSSR count). The van der Waals surface area contributed by atoms with E-state index in [1.54, 1.807) is 6.07 Å². The molecule has 2 aromatic rings. The van der Waals surface area contributed by atoms with E-state index < -0.39 is 0 Å². The molecule has 0 aliphatic heterocycles. The van der Waals surface area contributed by atoms with Gasteiger partial charge in [-0.1, -0.05) is 39.7 Å². The van der Waals surface area contributed by atoms with Crippen molar-refractivity contribution in [1.82, 2.24) is 5.32 Å². The van der Waals surface area contributed by atoms with Gasteiger partial charge in [0, 0.05) is 16.0 Å². The Hall–Kier alpha value is -0.900. The third kappa shape index (κ3) is 4.30. The zero-order valence-electron chi connectivity index (χ0n) is 11.2. The van der Waals surface area contributed by atoms with Crippen LogP contribution in [0.3, 0.4) is 0 Å². The van der Waals surface area contributed by atoms with Gasteiger partial charge in [-0.15, -0.1) is 0 Å². The Morgan fingerprint density at radius 1 is 1.15 bits per heavy atom. The third-order valence-electron chi connectivity index (χ3n) is 3.21. The summed E-state index contributed by atoms with van der Waals surface area (Å²) in [5.74, 6) is -0.180. The van der Waals surface area contributed by atoms with E-state index in [-0.39, 0.29) is 5.82 Å². The number of hydrogen-bond donors (Lipinski definition) is 1. The smallest absolute Gasteiger partial charge is 0.123 e. The summed E-state index contributed by atoms with van der Waals surface area (Å²) in [6.45, 7) is 3.50. The molecule has 0 atom stereocenters. The molecule has 0 fully saturated rings. The van der Waals surface area contributed by atoms with Gasteiger partial charge in [-0.25, -0.2) is 4.39 Å². The van der Waals surface area contributed by atoms with Gasteiger partial charge in [0.2, 0.25) is 0 Å². The molecule has 2 aromatic carbocycles. The molecule has 0 spiro atoms. The summed E-state index contributed by atoms with van der Waals surface area (Å²) >= 11 is 9.54. The van der Waals surface area contributed by atoms with Crippen molar-refractivity contribution in [2.45, 2.75) is 19.9 Å². The maximum absolute atomic E-state index is 13.0. The van der Waals surface area contributed by atoms with Gasteiger partial charge >= 0.3 is 0 Å². The second kappa shape index (κ2) is 7.21. The topological polar surface area (TPSA) is 12.0 Å². The standard InChI is InChI=1S/C16H16BrClFN/c1-11-8-15(19)5-3-12(11)6-7-20-10-13-2-4-14(17)9-16(13)18/h2-5,8-9,20H,6-7,10H2,1H3. The van der Waals surface area contributed by atoms with Crippen LogP contribution >= 0.6 is 27.5 Å². The van der Waals surface area contributed by atoms with Crippen molar-refractivity contribution < 1.29 is 4.39 Å². The van der Waals surface area contributed by atoms with E-state index in [0.717, 1.165) is 40.1 Å². The Bertz CT molecular complexity index is 548. The largest absolute Gasteiger partial charge is 0.312 e. The minimum absolute atomic E-state index is 0.180. The fraction of sp³-hybridized carbons (Fsp3) is 0.250. The van der Waals surface area contributed by atoms with Crippen LogP contribution in [0.5, 0.6) is 0 Å². The van der Waals surface area contributed by atoms with Crippen molar-refractivity contribution >= 4 is 27.5 Å². The van der Waals surface area contributed by atoms with Crippen LogP contribution in [-0.4, -0.2) is 6.54 Å². The fourth-order valence-electron chi connectivity index (χ4n) is 2.05. The maximum Gasteiger partial charge on any atom is 0.123 e. The molecular weight excluding hydrogens is 341 g/mol. The highest BCUT2D eigenvalue weighted by molar-refractivity contribution is 9.10. The highest BCUT2D eigenvalue weighted by atomic mass is 79.9. The molecular formula is C16H16BrClFN. The van der Waals surface area contributed by atoms with Crippen LogP contribution in [-0.2, 0) is 13.0 Å². The van der Waals surface area contributed by atoms with Crippen LogP contribution in [0, 0.1) is 12.7 Å². The molecule has 0 bridgehead atoms. The number of nitrogens with one attached hydrogen (secondary N) is 1. The number of aryl methyl sites for hydroxylation is 1. The Kier molecular flexibility index (Phi) is 5.58. The van der Waals surface area contributed by atoms with Crippen molar-refractivity contribution in [3.05, 3.63) is 68.4 Å². The Morgan fingerprint density at radius 2 is 1.90 bits per heavy atom. The summed E-state index contributed by atoms with van der Waals surface area (Å²) in [5.41, 5.74) is 3.24.